The van der Waals surface area contributed by atoms with Crippen molar-refractivity contribution >= 4 is 23.7 Å². The summed E-state index contributed by atoms with van der Waals surface area (Å²) in [5.74, 6) is -1.49. The molecular formula is C26H26N2O6. The lowest BCUT2D eigenvalue weighted by Gasteiger charge is -2.15. The number of aliphatic carboxylic acids is 1. The lowest BCUT2D eigenvalue weighted by Crippen LogP contribution is -2.33. The zero-order chi connectivity index (χ0) is 24.1. The Labute approximate surface area is 196 Å². The molecule has 0 fully saturated rings. The largest absolute Gasteiger partial charge is 0.481 e. The normalized spacial score (nSPS) is 13.0. The predicted octanol–water partition coefficient (Wildman–Crippen LogP) is 5.01. The van der Waals surface area contributed by atoms with E-state index >= 15 is 0 Å². The smallest absolute Gasteiger partial charge is 0.411 e. The number of benzene rings is 2. The van der Waals surface area contributed by atoms with Gasteiger partial charge in [0.1, 0.15) is 6.61 Å². The van der Waals surface area contributed by atoms with Gasteiger partial charge in [-0.25, -0.2) is 4.79 Å². The first-order chi connectivity index (χ1) is 16.4. The molecule has 8 heteroatoms. The minimum absolute atomic E-state index is 0.0373. The van der Waals surface area contributed by atoms with E-state index < -0.39 is 18.0 Å². The Morgan fingerprint density at radius 1 is 1.03 bits per heavy atom. The molecule has 3 aromatic rings. The topological polar surface area (TPSA) is 118 Å². The van der Waals surface area contributed by atoms with E-state index in [-0.39, 0.29) is 36.4 Å². The summed E-state index contributed by atoms with van der Waals surface area (Å²) in [7, 11) is 0. The van der Waals surface area contributed by atoms with Crippen molar-refractivity contribution in [1.29, 1.82) is 0 Å². The van der Waals surface area contributed by atoms with Crippen molar-refractivity contribution in [3.8, 4) is 11.1 Å². The number of hydrogen-bond acceptors (Lipinski definition) is 5. The van der Waals surface area contributed by atoms with Gasteiger partial charge in [0, 0.05) is 24.4 Å². The molecule has 8 nitrogen and oxygen atoms in total. The van der Waals surface area contributed by atoms with E-state index in [1.54, 1.807) is 6.92 Å². The fourth-order valence-electron chi connectivity index (χ4n) is 4.25. The van der Waals surface area contributed by atoms with Crippen LogP contribution in [0.1, 0.15) is 53.8 Å². The van der Waals surface area contributed by atoms with E-state index in [9.17, 15) is 14.4 Å². The lowest BCUT2D eigenvalue weighted by molar-refractivity contribution is -0.137. The fourth-order valence-corrected chi connectivity index (χ4v) is 4.25. The van der Waals surface area contributed by atoms with Crippen LogP contribution in [0.4, 0.5) is 10.5 Å². The standard InChI is InChI=1S/C26H26N2O6/c1-16(7-6-12-23(29)30)27-25(31)24-22(13-14-33-24)28-26(32)34-15-21-19-10-4-2-8-17(19)18-9-3-5-11-20(18)21/h2-5,8-11,13-14,16,21H,6-7,12,15H2,1H3,(H,27,31)(H,28,32)(H,29,30). The molecule has 1 aliphatic carbocycles. The van der Waals surface area contributed by atoms with Gasteiger partial charge < -0.3 is 19.6 Å². The van der Waals surface area contributed by atoms with Gasteiger partial charge in [-0.1, -0.05) is 48.5 Å². The van der Waals surface area contributed by atoms with Gasteiger partial charge in [0.05, 0.1) is 12.0 Å². The minimum atomic E-state index is -0.876. The Hall–Kier alpha value is -4.07. The van der Waals surface area contributed by atoms with Gasteiger partial charge in [-0.3, -0.25) is 14.9 Å². The number of anilines is 1. The van der Waals surface area contributed by atoms with Crippen LogP contribution >= 0.6 is 0 Å². The third-order valence-corrected chi connectivity index (χ3v) is 5.86. The van der Waals surface area contributed by atoms with Crippen LogP contribution in [0.15, 0.2) is 65.3 Å². The molecule has 0 aliphatic heterocycles. The molecule has 0 saturated heterocycles. The van der Waals surface area contributed by atoms with Crippen LogP contribution in [-0.2, 0) is 9.53 Å². The van der Waals surface area contributed by atoms with Gasteiger partial charge in [0.25, 0.3) is 5.91 Å². The quantitative estimate of drug-likeness (QED) is 0.411. The molecule has 1 aromatic heterocycles. The second kappa shape index (κ2) is 10.2. The number of carbonyl (C=O) groups excluding carboxylic acids is 2. The maximum atomic E-state index is 12.5. The minimum Gasteiger partial charge on any atom is -0.481 e. The molecule has 3 N–H and O–H groups in total. The van der Waals surface area contributed by atoms with E-state index in [1.165, 1.54) is 12.3 Å². The van der Waals surface area contributed by atoms with Crippen molar-refractivity contribution in [3.05, 3.63) is 77.7 Å². The molecule has 1 unspecified atom stereocenters. The molecule has 0 bridgehead atoms. The summed E-state index contributed by atoms with van der Waals surface area (Å²) in [6, 6.07) is 17.3. The van der Waals surface area contributed by atoms with E-state index in [0.29, 0.717) is 12.8 Å². The fraction of sp³-hybridized carbons (Fsp3) is 0.269. The van der Waals surface area contributed by atoms with Crippen LogP contribution in [-0.4, -0.2) is 35.7 Å². The average Bonchev–Trinajstić information content (AvgIpc) is 3.40. The number of carbonyl (C=O) groups is 3. The van der Waals surface area contributed by atoms with E-state index in [4.69, 9.17) is 14.3 Å². The molecule has 2 amide bonds. The van der Waals surface area contributed by atoms with E-state index in [0.717, 1.165) is 22.3 Å². The van der Waals surface area contributed by atoms with Gasteiger partial charge in [-0.2, -0.15) is 0 Å². The highest BCUT2D eigenvalue weighted by atomic mass is 16.5. The average molecular weight is 463 g/mol. The Kier molecular flexibility index (Phi) is 6.96. The number of carboxylic acid groups (broad SMARTS) is 1. The molecule has 2 aromatic carbocycles. The summed E-state index contributed by atoms with van der Waals surface area (Å²) in [4.78, 5) is 35.7. The molecule has 176 valence electrons. The summed E-state index contributed by atoms with van der Waals surface area (Å²) in [6.07, 6.45) is 1.61. The van der Waals surface area contributed by atoms with Crippen LogP contribution in [0, 0.1) is 0 Å². The predicted molar refractivity (Wildman–Crippen MR) is 126 cm³/mol. The highest BCUT2D eigenvalue weighted by Crippen LogP contribution is 2.44. The molecule has 1 atom stereocenters. The molecule has 0 spiro atoms. The lowest BCUT2D eigenvalue weighted by atomic mass is 9.98. The molecule has 1 aliphatic rings. The van der Waals surface area contributed by atoms with Gasteiger partial charge in [-0.15, -0.1) is 0 Å². The molecule has 34 heavy (non-hydrogen) atoms. The first-order valence-electron chi connectivity index (χ1n) is 11.2. The zero-order valence-corrected chi connectivity index (χ0v) is 18.7. The van der Waals surface area contributed by atoms with Crippen molar-refractivity contribution in [2.45, 2.75) is 38.1 Å². The van der Waals surface area contributed by atoms with Gasteiger partial charge in [0.2, 0.25) is 5.76 Å². The van der Waals surface area contributed by atoms with Crippen molar-refractivity contribution in [3.63, 3.8) is 0 Å². The van der Waals surface area contributed by atoms with Crippen molar-refractivity contribution < 1.29 is 28.6 Å². The number of rotatable bonds is 9. The molecular weight excluding hydrogens is 436 g/mol. The Morgan fingerprint density at radius 3 is 2.32 bits per heavy atom. The monoisotopic (exact) mass is 462 g/mol. The van der Waals surface area contributed by atoms with Gasteiger partial charge in [0.15, 0.2) is 0 Å². The van der Waals surface area contributed by atoms with Crippen molar-refractivity contribution in [1.82, 2.24) is 5.32 Å². The molecule has 0 saturated carbocycles. The number of fused-ring (bicyclic) bond motifs is 3. The molecule has 0 radical (unpaired) electrons. The summed E-state index contributed by atoms with van der Waals surface area (Å²) in [6.45, 7) is 1.93. The van der Waals surface area contributed by atoms with Gasteiger partial charge >= 0.3 is 12.1 Å². The summed E-state index contributed by atoms with van der Waals surface area (Å²) < 4.78 is 10.8. The van der Waals surface area contributed by atoms with Crippen LogP contribution in [0.2, 0.25) is 0 Å². The summed E-state index contributed by atoms with van der Waals surface area (Å²) in [5, 5.41) is 14.1. The second-order valence-electron chi connectivity index (χ2n) is 8.27. The number of nitrogens with one attached hydrogen (secondary N) is 2. The van der Waals surface area contributed by atoms with Crippen molar-refractivity contribution in [2.24, 2.45) is 0 Å². The number of hydrogen-bond donors (Lipinski definition) is 3. The first kappa shape index (κ1) is 23.1. The Morgan fingerprint density at radius 2 is 1.68 bits per heavy atom. The number of ether oxygens (including phenoxy) is 1. The summed E-state index contributed by atoms with van der Waals surface area (Å²) >= 11 is 0. The number of amides is 2. The van der Waals surface area contributed by atoms with E-state index in [2.05, 4.69) is 22.8 Å². The second-order valence-corrected chi connectivity index (χ2v) is 8.27. The van der Waals surface area contributed by atoms with Crippen LogP contribution in [0.3, 0.4) is 0 Å². The number of carboxylic acids is 1. The van der Waals surface area contributed by atoms with Crippen LogP contribution in [0.5, 0.6) is 0 Å². The Balaban J connectivity index is 1.35. The maximum Gasteiger partial charge on any atom is 0.411 e. The first-order valence-corrected chi connectivity index (χ1v) is 11.2. The van der Waals surface area contributed by atoms with Gasteiger partial charge in [-0.05, 0) is 42.0 Å². The van der Waals surface area contributed by atoms with Crippen LogP contribution < -0.4 is 10.6 Å². The van der Waals surface area contributed by atoms with E-state index in [1.807, 2.05) is 36.4 Å². The Bertz CT molecular complexity index is 1160. The zero-order valence-electron chi connectivity index (χ0n) is 18.7. The highest BCUT2D eigenvalue weighted by molar-refractivity contribution is 6.00. The maximum absolute atomic E-state index is 12.5. The molecule has 4 rings (SSSR count). The third kappa shape index (κ3) is 5.11. The van der Waals surface area contributed by atoms with Crippen LogP contribution in [0.25, 0.3) is 11.1 Å². The SMILES string of the molecule is CC(CCCC(=O)O)NC(=O)c1occc1NC(=O)OCC1c2ccccc2-c2ccccc21. The summed E-state index contributed by atoms with van der Waals surface area (Å²) in [5.41, 5.74) is 4.69. The third-order valence-electron chi connectivity index (χ3n) is 5.86. The molecule has 1 heterocycles. The highest BCUT2D eigenvalue weighted by Gasteiger charge is 2.29. The number of furan rings is 1. The van der Waals surface area contributed by atoms with Crippen molar-refractivity contribution in [2.75, 3.05) is 11.9 Å².